The van der Waals surface area contributed by atoms with E-state index >= 15 is 0 Å². The summed E-state index contributed by atoms with van der Waals surface area (Å²) in [6.07, 6.45) is 2.56. The van der Waals surface area contributed by atoms with Gasteiger partial charge >= 0.3 is 6.03 Å². The summed E-state index contributed by atoms with van der Waals surface area (Å²) in [4.78, 5) is 19.0. The second kappa shape index (κ2) is 9.48. The van der Waals surface area contributed by atoms with Gasteiger partial charge in [0.1, 0.15) is 12.4 Å². The Balaban J connectivity index is 1.31. The molecule has 0 saturated carbocycles. The highest BCUT2D eigenvalue weighted by molar-refractivity contribution is 5.92. The first kappa shape index (κ1) is 20.7. The van der Waals surface area contributed by atoms with E-state index < -0.39 is 6.03 Å². The molecule has 31 heavy (non-hydrogen) atoms. The van der Waals surface area contributed by atoms with Crippen LogP contribution in [0, 0.1) is 6.92 Å². The van der Waals surface area contributed by atoms with Crippen LogP contribution in [0.15, 0.2) is 48.5 Å². The van der Waals surface area contributed by atoms with Crippen molar-refractivity contribution >= 4 is 29.3 Å². The molecule has 1 aliphatic heterocycles. The smallest absolute Gasteiger partial charge is 0.349 e. The maximum absolute atomic E-state index is 12.4. The van der Waals surface area contributed by atoms with E-state index in [2.05, 4.69) is 25.6 Å². The molecular weight excluding hydrogens is 394 g/mol. The van der Waals surface area contributed by atoms with E-state index in [0.29, 0.717) is 12.3 Å². The minimum absolute atomic E-state index is 0.00558. The minimum atomic E-state index is -0.483. The lowest BCUT2D eigenvalue weighted by Crippen LogP contribution is -2.25. The van der Waals surface area contributed by atoms with Crippen LogP contribution >= 0.6 is 0 Å². The molecule has 9 nitrogen and oxygen atoms in total. The Morgan fingerprint density at radius 2 is 1.74 bits per heavy atom. The summed E-state index contributed by atoms with van der Waals surface area (Å²) >= 11 is 0. The van der Waals surface area contributed by atoms with E-state index in [1.165, 1.54) is 12.8 Å². The van der Waals surface area contributed by atoms with Crippen LogP contribution in [0.5, 0.6) is 5.75 Å². The summed E-state index contributed by atoms with van der Waals surface area (Å²) in [5.41, 5.74) is 8.39. The summed E-state index contributed by atoms with van der Waals surface area (Å²) in [6.45, 7) is 5.93. The number of nitrogens with zero attached hydrogens (tertiary/aromatic N) is 4. The summed E-state index contributed by atoms with van der Waals surface area (Å²) in [5, 5.41) is 9.95. The Bertz CT molecular complexity index is 1010. The van der Waals surface area contributed by atoms with Crippen molar-refractivity contribution in [3.63, 3.8) is 0 Å². The quantitative estimate of drug-likeness (QED) is 0.536. The van der Waals surface area contributed by atoms with Crippen molar-refractivity contribution in [3.8, 4) is 5.75 Å². The number of hydrogen-bond donors (Lipinski definition) is 3. The predicted octanol–water partition coefficient (Wildman–Crippen LogP) is 3.47. The zero-order valence-electron chi connectivity index (χ0n) is 17.5. The largest absolute Gasteiger partial charge is 0.492 e. The van der Waals surface area contributed by atoms with Crippen LogP contribution in [-0.4, -0.2) is 51.9 Å². The van der Waals surface area contributed by atoms with Gasteiger partial charge in [-0.15, -0.1) is 9.78 Å². The average molecular weight is 422 g/mol. The molecule has 162 valence electrons. The van der Waals surface area contributed by atoms with Crippen molar-refractivity contribution < 1.29 is 9.53 Å². The molecule has 0 radical (unpaired) electrons. The van der Waals surface area contributed by atoms with Gasteiger partial charge in [0.2, 0.25) is 11.9 Å². The lowest BCUT2D eigenvalue weighted by atomic mass is 10.2. The zero-order chi connectivity index (χ0) is 21.6. The fraction of sp³-hybridized carbons (Fsp3) is 0.318. The molecule has 9 heteroatoms. The van der Waals surface area contributed by atoms with E-state index in [4.69, 9.17) is 10.5 Å². The first-order valence-electron chi connectivity index (χ1n) is 10.4. The summed E-state index contributed by atoms with van der Waals surface area (Å²) < 4.78 is 6.84. The van der Waals surface area contributed by atoms with Crippen LogP contribution in [-0.2, 0) is 0 Å². The lowest BCUT2D eigenvalue weighted by molar-refractivity contribution is 0.238. The third-order valence-electron chi connectivity index (χ3n) is 5.11. The van der Waals surface area contributed by atoms with Gasteiger partial charge in [-0.25, -0.2) is 4.79 Å². The fourth-order valence-corrected chi connectivity index (χ4v) is 3.40. The fourth-order valence-electron chi connectivity index (χ4n) is 3.40. The highest BCUT2D eigenvalue weighted by atomic mass is 16.5. The standard InChI is InChI=1S/C22H27N7O2/c1-16-4-6-18(7-5-16)25-22(30)29-20(23)26-21(27-29)24-17-8-10-19(11-9-17)31-15-14-28-12-2-3-13-28/h4-11H,2-3,12-15H2,1H3,(H,25,30)(H3,23,24,26,27). The lowest BCUT2D eigenvalue weighted by Gasteiger charge is -2.15. The van der Waals surface area contributed by atoms with Crippen LogP contribution in [0.1, 0.15) is 18.4 Å². The maximum Gasteiger partial charge on any atom is 0.349 e. The van der Waals surface area contributed by atoms with Gasteiger partial charge in [-0.3, -0.25) is 4.90 Å². The Hall–Kier alpha value is -3.59. The summed E-state index contributed by atoms with van der Waals surface area (Å²) in [5.74, 6) is 1.04. The molecule has 1 aliphatic rings. The topological polar surface area (TPSA) is 110 Å². The first-order chi connectivity index (χ1) is 15.1. The maximum atomic E-state index is 12.4. The Morgan fingerprint density at radius 1 is 1.06 bits per heavy atom. The zero-order valence-corrected chi connectivity index (χ0v) is 17.5. The van der Waals surface area contributed by atoms with Crippen molar-refractivity contribution in [2.75, 3.05) is 42.6 Å². The normalized spacial score (nSPS) is 13.8. The molecule has 0 atom stereocenters. The highest BCUT2D eigenvalue weighted by Gasteiger charge is 2.15. The molecule has 1 saturated heterocycles. The van der Waals surface area contributed by atoms with Crippen molar-refractivity contribution in [1.82, 2.24) is 19.7 Å². The monoisotopic (exact) mass is 421 g/mol. The molecule has 2 aromatic carbocycles. The van der Waals surface area contributed by atoms with Gasteiger partial charge in [0.25, 0.3) is 0 Å². The molecule has 0 spiro atoms. The third kappa shape index (κ3) is 5.52. The number of rotatable bonds is 7. The second-order valence-electron chi connectivity index (χ2n) is 7.55. The van der Waals surface area contributed by atoms with Gasteiger partial charge in [-0.05, 0) is 69.3 Å². The Labute approximate surface area is 181 Å². The number of nitrogen functional groups attached to an aromatic ring is 1. The van der Waals surface area contributed by atoms with Crippen LogP contribution in [0.4, 0.5) is 28.1 Å². The number of anilines is 4. The number of aryl methyl sites for hydroxylation is 1. The second-order valence-corrected chi connectivity index (χ2v) is 7.55. The van der Waals surface area contributed by atoms with Gasteiger partial charge < -0.3 is 21.1 Å². The van der Waals surface area contributed by atoms with Crippen LogP contribution < -0.4 is 21.1 Å². The molecule has 3 aromatic rings. The average Bonchev–Trinajstić information content (AvgIpc) is 3.41. The van der Waals surface area contributed by atoms with Gasteiger partial charge in [0, 0.05) is 17.9 Å². The van der Waals surface area contributed by atoms with Gasteiger partial charge in [-0.2, -0.15) is 4.98 Å². The number of amides is 1. The van der Waals surface area contributed by atoms with Crippen molar-refractivity contribution in [2.45, 2.75) is 19.8 Å². The number of carbonyl (C=O) groups is 1. The number of carbonyl (C=O) groups excluding carboxylic acids is 1. The minimum Gasteiger partial charge on any atom is -0.492 e. The van der Waals surface area contributed by atoms with Gasteiger partial charge in [0.15, 0.2) is 0 Å². The number of hydrogen-bond acceptors (Lipinski definition) is 7. The number of aromatic nitrogens is 3. The molecule has 1 fully saturated rings. The van der Waals surface area contributed by atoms with Crippen molar-refractivity contribution in [2.24, 2.45) is 0 Å². The molecule has 0 bridgehead atoms. The molecule has 4 N–H and O–H groups in total. The predicted molar refractivity (Wildman–Crippen MR) is 121 cm³/mol. The number of benzene rings is 2. The molecular formula is C22H27N7O2. The highest BCUT2D eigenvalue weighted by Crippen LogP contribution is 2.19. The van der Waals surface area contributed by atoms with Crippen molar-refractivity contribution in [1.29, 1.82) is 0 Å². The van der Waals surface area contributed by atoms with E-state index in [9.17, 15) is 4.79 Å². The summed E-state index contributed by atoms with van der Waals surface area (Å²) in [7, 11) is 0. The van der Waals surface area contributed by atoms with Crippen LogP contribution in [0.25, 0.3) is 0 Å². The van der Waals surface area contributed by atoms with Crippen LogP contribution in [0.3, 0.4) is 0 Å². The van der Waals surface area contributed by atoms with Gasteiger partial charge in [0.05, 0.1) is 0 Å². The number of nitrogens with one attached hydrogen (secondary N) is 2. The number of ether oxygens (including phenoxy) is 1. The number of nitrogens with two attached hydrogens (primary N) is 1. The number of likely N-dealkylation sites (tertiary alicyclic amines) is 1. The molecule has 4 rings (SSSR count). The summed E-state index contributed by atoms with van der Waals surface area (Å²) in [6, 6.07) is 14.5. The van der Waals surface area contributed by atoms with E-state index in [0.717, 1.165) is 41.3 Å². The third-order valence-corrected chi connectivity index (χ3v) is 5.11. The van der Waals surface area contributed by atoms with E-state index in [1.54, 1.807) is 0 Å². The Morgan fingerprint density at radius 3 is 2.45 bits per heavy atom. The van der Waals surface area contributed by atoms with Gasteiger partial charge in [-0.1, -0.05) is 17.7 Å². The molecule has 1 aromatic heterocycles. The van der Waals surface area contributed by atoms with E-state index in [1.807, 2.05) is 55.5 Å². The molecule has 0 aliphatic carbocycles. The first-order valence-corrected chi connectivity index (χ1v) is 10.4. The molecule has 1 amide bonds. The van der Waals surface area contributed by atoms with Crippen molar-refractivity contribution in [3.05, 3.63) is 54.1 Å². The SMILES string of the molecule is Cc1ccc(NC(=O)n2nc(Nc3ccc(OCCN4CCCC4)cc3)nc2N)cc1. The Kier molecular flexibility index (Phi) is 6.32. The van der Waals surface area contributed by atoms with Crippen LogP contribution in [0.2, 0.25) is 0 Å². The molecule has 0 unspecified atom stereocenters. The molecule has 2 heterocycles. The van der Waals surface area contributed by atoms with E-state index in [-0.39, 0.29) is 11.9 Å².